The molecule has 0 aliphatic heterocycles. The minimum absolute atomic E-state index is 0.0795. The topological polar surface area (TPSA) is 47.8 Å². The lowest BCUT2D eigenvalue weighted by molar-refractivity contribution is 0.102. The summed E-state index contributed by atoms with van der Waals surface area (Å²) in [6, 6.07) is 1.85. The third-order valence-electron chi connectivity index (χ3n) is 1.74. The molecule has 72 valence electrons. The van der Waals surface area contributed by atoms with E-state index in [1.807, 2.05) is 11.4 Å². The van der Waals surface area contributed by atoms with Crippen LogP contribution >= 0.6 is 33.9 Å². The summed E-state index contributed by atoms with van der Waals surface area (Å²) in [5, 5.41) is 5.69. The molecule has 0 fully saturated rings. The van der Waals surface area contributed by atoms with Crippen molar-refractivity contribution in [2.75, 3.05) is 0 Å². The Bertz CT molecular complexity index is 476. The number of hydrogen-bond acceptors (Lipinski definition) is 4. The van der Waals surface area contributed by atoms with Crippen molar-refractivity contribution in [3.63, 3.8) is 0 Å². The fourth-order valence-corrected chi connectivity index (χ4v) is 2.39. The minimum Gasteiger partial charge on any atom is -0.285 e. The Morgan fingerprint density at radius 2 is 2.43 bits per heavy atom. The number of aromatic nitrogens is 3. The standard InChI is InChI=1S/C8H6IN3OS/c1-12-8(10-4-11-12)7(13)5-2-6(9)14-3-5/h2-4H,1H3. The molecule has 0 aromatic carbocycles. The molecule has 2 heterocycles. The zero-order valence-corrected chi connectivity index (χ0v) is 10.2. The van der Waals surface area contributed by atoms with Crippen molar-refractivity contribution >= 4 is 39.7 Å². The molecule has 14 heavy (non-hydrogen) atoms. The highest BCUT2D eigenvalue weighted by atomic mass is 127. The first-order chi connectivity index (χ1) is 6.68. The molecular weight excluding hydrogens is 313 g/mol. The fraction of sp³-hybridized carbons (Fsp3) is 0.125. The van der Waals surface area contributed by atoms with Crippen LogP contribution in [0.25, 0.3) is 0 Å². The lowest BCUT2D eigenvalue weighted by Gasteiger charge is -1.95. The van der Waals surface area contributed by atoms with Crippen LogP contribution in [-0.4, -0.2) is 20.5 Å². The summed E-state index contributed by atoms with van der Waals surface area (Å²) in [4.78, 5) is 15.7. The number of ketones is 1. The van der Waals surface area contributed by atoms with Crippen LogP contribution in [-0.2, 0) is 7.05 Å². The number of halogens is 1. The van der Waals surface area contributed by atoms with Gasteiger partial charge >= 0.3 is 0 Å². The Balaban J connectivity index is 2.38. The van der Waals surface area contributed by atoms with E-state index in [1.54, 1.807) is 18.4 Å². The number of aryl methyl sites for hydroxylation is 1. The van der Waals surface area contributed by atoms with Crippen LogP contribution in [0.5, 0.6) is 0 Å². The summed E-state index contributed by atoms with van der Waals surface area (Å²) in [5.74, 6) is 0.295. The Kier molecular flexibility index (Phi) is 2.64. The molecule has 2 aromatic heterocycles. The molecule has 2 rings (SSSR count). The third kappa shape index (κ3) is 1.71. The highest BCUT2D eigenvalue weighted by molar-refractivity contribution is 14.1. The minimum atomic E-state index is -0.0795. The van der Waals surface area contributed by atoms with Crippen molar-refractivity contribution in [1.82, 2.24) is 14.8 Å². The molecule has 0 saturated carbocycles. The van der Waals surface area contributed by atoms with Crippen LogP contribution in [0.15, 0.2) is 17.8 Å². The van der Waals surface area contributed by atoms with Crippen LogP contribution in [0.3, 0.4) is 0 Å². The van der Waals surface area contributed by atoms with E-state index in [1.165, 1.54) is 11.0 Å². The second-order valence-corrected chi connectivity index (χ2v) is 5.48. The zero-order valence-electron chi connectivity index (χ0n) is 7.27. The van der Waals surface area contributed by atoms with Gasteiger partial charge in [-0.15, -0.1) is 11.3 Å². The van der Waals surface area contributed by atoms with E-state index in [0.29, 0.717) is 11.4 Å². The summed E-state index contributed by atoms with van der Waals surface area (Å²) in [6.07, 6.45) is 1.38. The first-order valence-electron chi connectivity index (χ1n) is 3.81. The van der Waals surface area contributed by atoms with Crippen LogP contribution in [0, 0.1) is 2.88 Å². The van der Waals surface area contributed by atoms with E-state index in [-0.39, 0.29) is 5.78 Å². The van der Waals surface area contributed by atoms with Gasteiger partial charge in [-0.05, 0) is 28.7 Å². The van der Waals surface area contributed by atoms with Gasteiger partial charge in [0.15, 0.2) is 5.82 Å². The lowest BCUT2D eigenvalue weighted by atomic mass is 10.2. The summed E-state index contributed by atoms with van der Waals surface area (Å²) in [5.41, 5.74) is 0.676. The van der Waals surface area contributed by atoms with Gasteiger partial charge in [0.25, 0.3) is 0 Å². The molecule has 0 aliphatic carbocycles. The number of rotatable bonds is 2. The van der Waals surface area contributed by atoms with Gasteiger partial charge in [0.1, 0.15) is 6.33 Å². The van der Waals surface area contributed by atoms with Crippen LogP contribution in [0.2, 0.25) is 0 Å². The SMILES string of the molecule is Cn1ncnc1C(=O)c1csc(I)c1. The molecule has 0 bridgehead atoms. The van der Waals surface area contributed by atoms with Crippen molar-refractivity contribution in [1.29, 1.82) is 0 Å². The molecule has 0 aliphatic rings. The molecule has 0 unspecified atom stereocenters. The number of hydrogen-bond donors (Lipinski definition) is 0. The number of carbonyl (C=O) groups is 1. The maximum Gasteiger partial charge on any atom is 0.230 e. The molecule has 0 atom stereocenters. The van der Waals surface area contributed by atoms with E-state index in [9.17, 15) is 4.79 Å². The second-order valence-electron chi connectivity index (χ2n) is 2.68. The average molecular weight is 319 g/mol. The van der Waals surface area contributed by atoms with Crippen LogP contribution < -0.4 is 0 Å². The van der Waals surface area contributed by atoms with Crippen molar-refractivity contribution in [3.05, 3.63) is 32.0 Å². The zero-order chi connectivity index (χ0) is 10.1. The smallest absolute Gasteiger partial charge is 0.230 e. The van der Waals surface area contributed by atoms with Gasteiger partial charge in [-0.1, -0.05) is 0 Å². The number of thiophene rings is 1. The van der Waals surface area contributed by atoms with Crippen molar-refractivity contribution in [2.45, 2.75) is 0 Å². The van der Waals surface area contributed by atoms with Crippen LogP contribution in [0.1, 0.15) is 16.2 Å². The molecule has 2 aromatic rings. The molecule has 0 amide bonds. The van der Waals surface area contributed by atoms with Gasteiger partial charge < -0.3 is 0 Å². The van der Waals surface area contributed by atoms with Crippen molar-refractivity contribution < 1.29 is 4.79 Å². The number of carbonyl (C=O) groups excluding carboxylic acids is 1. The van der Waals surface area contributed by atoms with Gasteiger partial charge in [-0.2, -0.15) is 5.10 Å². The molecule has 0 N–H and O–H groups in total. The van der Waals surface area contributed by atoms with Crippen LogP contribution in [0.4, 0.5) is 0 Å². The summed E-state index contributed by atoms with van der Waals surface area (Å²) >= 11 is 3.73. The molecular formula is C8H6IN3OS. The maximum atomic E-state index is 11.8. The van der Waals surface area contributed by atoms with Gasteiger partial charge in [0.2, 0.25) is 5.78 Å². The van der Waals surface area contributed by atoms with Gasteiger partial charge in [-0.3, -0.25) is 4.79 Å². The predicted octanol–water partition coefficient (Wildman–Crippen LogP) is 1.71. The van der Waals surface area contributed by atoms with Gasteiger partial charge in [-0.25, -0.2) is 9.67 Å². The second kappa shape index (κ2) is 3.77. The molecule has 4 nitrogen and oxygen atoms in total. The normalized spacial score (nSPS) is 10.4. The van der Waals surface area contributed by atoms with Gasteiger partial charge in [0, 0.05) is 18.0 Å². The Morgan fingerprint density at radius 1 is 1.64 bits per heavy atom. The Labute approximate surface area is 98.1 Å². The van der Waals surface area contributed by atoms with E-state index >= 15 is 0 Å². The predicted molar refractivity (Wildman–Crippen MR) is 61.5 cm³/mol. The monoisotopic (exact) mass is 319 g/mol. The molecule has 0 spiro atoms. The van der Waals surface area contributed by atoms with E-state index in [4.69, 9.17) is 0 Å². The quantitative estimate of drug-likeness (QED) is 0.625. The first-order valence-corrected chi connectivity index (χ1v) is 5.77. The van der Waals surface area contributed by atoms with Crippen molar-refractivity contribution in [2.24, 2.45) is 7.05 Å². The summed E-state index contributed by atoms with van der Waals surface area (Å²) < 4.78 is 2.57. The molecule has 0 saturated heterocycles. The van der Waals surface area contributed by atoms with Crippen molar-refractivity contribution in [3.8, 4) is 0 Å². The Morgan fingerprint density at radius 3 is 2.93 bits per heavy atom. The maximum absolute atomic E-state index is 11.8. The highest BCUT2D eigenvalue weighted by Crippen LogP contribution is 2.18. The van der Waals surface area contributed by atoms with E-state index in [0.717, 1.165) is 2.88 Å². The number of nitrogens with zero attached hydrogens (tertiary/aromatic N) is 3. The lowest BCUT2D eigenvalue weighted by Crippen LogP contribution is -2.08. The first kappa shape index (κ1) is 9.78. The summed E-state index contributed by atoms with van der Waals surface area (Å²) in [7, 11) is 1.71. The van der Waals surface area contributed by atoms with E-state index < -0.39 is 0 Å². The molecule has 0 radical (unpaired) electrons. The molecule has 6 heteroatoms. The van der Waals surface area contributed by atoms with E-state index in [2.05, 4.69) is 32.7 Å². The van der Waals surface area contributed by atoms with Gasteiger partial charge in [0.05, 0.1) is 2.88 Å². The summed E-state index contributed by atoms with van der Waals surface area (Å²) in [6.45, 7) is 0. The average Bonchev–Trinajstić information content (AvgIpc) is 2.73. The Hall–Kier alpha value is -0.760. The highest BCUT2D eigenvalue weighted by Gasteiger charge is 2.15. The fourth-order valence-electron chi connectivity index (χ4n) is 1.06. The largest absolute Gasteiger partial charge is 0.285 e. The third-order valence-corrected chi connectivity index (χ3v) is 3.53.